The summed E-state index contributed by atoms with van der Waals surface area (Å²) in [7, 11) is -3.32. The Kier molecular flexibility index (Phi) is 6.06. The number of benzene rings is 1. The smallest absolute Gasteiger partial charge is 0.232 e. The Morgan fingerprint density at radius 1 is 1.29 bits per heavy atom. The highest BCUT2D eigenvalue weighted by molar-refractivity contribution is 9.10. The van der Waals surface area contributed by atoms with Crippen molar-refractivity contribution in [3.05, 3.63) is 27.7 Å². The van der Waals surface area contributed by atoms with Crippen LogP contribution in [-0.2, 0) is 10.0 Å². The molecule has 0 fully saturated rings. The molecule has 0 unspecified atom stereocenters. The summed E-state index contributed by atoms with van der Waals surface area (Å²) < 4.78 is 26.5. The van der Waals surface area contributed by atoms with Gasteiger partial charge in [-0.1, -0.05) is 11.6 Å². The minimum Gasteiger partial charge on any atom is -0.284 e. The Hall–Kier alpha value is 0.0300. The van der Waals surface area contributed by atoms with E-state index in [4.69, 9.17) is 23.2 Å². The van der Waals surface area contributed by atoms with E-state index in [1.165, 1.54) is 0 Å². The van der Waals surface area contributed by atoms with Crippen molar-refractivity contribution in [1.82, 2.24) is 0 Å². The van der Waals surface area contributed by atoms with Crippen molar-refractivity contribution in [1.29, 1.82) is 0 Å². The van der Waals surface area contributed by atoms with Crippen LogP contribution in [0.5, 0.6) is 0 Å². The van der Waals surface area contributed by atoms with Crippen LogP contribution in [0.15, 0.2) is 22.7 Å². The van der Waals surface area contributed by atoms with E-state index < -0.39 is 10.0 Å². The van der Waals surface area contributed by atoms with Gasteiger partial charge in [-0.25, -0.2) is 8.42 Å². The quantitative estimate of drug-likeness (QED) is 0.618. The average molecular weight is 361 g/mol. The van der Waals surface area contributed by atoms with Crippen LogP contribution in [0, 0.1) is 0 Å². The molecular formula is C10H12BrCl2NO2S. The van der Waals surface area contributed by atoms with Gasteiger partial charge in [-0.15, -0.1) is 11.6 Å². The zero-order valence-electron chi connectivity index (χ0n) is 8.92. The van der Waals surface area contributed by atoms with Gasteiger partial charge in [-0.2, -0.15) is 0 Å². The molecule has 0 heterocycles. The zero-order chi connectivity index (χ0) is 12.9. The van der Waals surface area contributed by atoms with Gasteiger partial charge in [0.25, 0.3) is 0 Å². The average Bonchev–Trinajstić information content (AvgIpc) is 2.23. The number of rotatable bonds is 6. The normalized spacial score (nSPS) is 11.5. The van der Waals surface area contributed by atoms with E-state index in [1.54, 1.807) is 18.2 Å². The van der Waals surface area contributed by atoms with Gasteiger partial charge in [0.05, 0.1) is 16.5 Å². The first-order chi connectivity index (χ1) is 7.94. The topological polar surface area (TPSA) is 46.2 Å². The van der Waals surface area contributed by atoms with Crippen molar-refractivity contribution in [2.24, 2.45) is 0 Å². The highest BCUT2D eigenvalue weighted by atomic mass is 79.9. The Balaban J connectivity index is 2.66. The van der Waals surface area contributed by atoms with E-state index in [9.17, 15) is 8.42 Å². The van der Waals surface area contributed by atoms with Crippen LogP contribution in [0.4, 0.5) is 5.69 Å². The molecule has 3 nitrogen and oxygen atoms in total. The molecule has 0 radical (unpaired) electrons. The van der Waals surface area contributed by atoms with Gasteiger partial charge >= 0.3 is 0 Å². The Bertz CT molecular complexity index is 479. The lowest BCUT2D eigenvalue weighted by atomic mass is 10.3. The van der Waals surface area contributed by atoms with Crippen LogP contribution < -0.4 is 4.72 Å². The third kappa shape index (κ3) is 5.46. The zero-order valence-corrected chi connectivity index (χ0v) is 12.8. The minimum atomic E-state index is -3.32. The van der Waals surface area contributed by atoms with Gasteiger partial charge in [0, 0.05) is 10.4 Å². The summed E-state index contributed by atoms with van der Waals surface area (Å²) >= 11 is 14.6. The van der Waals surface area contributed by atoms with Gasteiger partial charge in [0.15, 0.2) is 0 Å². The molecule has 0 bridgehead atoms. The largest absolute Gasteiger partial charge is 0.284 e. The predicted molar refractivity (Wildman–Crippen MR) is 76.5 cm³/mol. The van der Waals surface area contributed by atoms with Crippen molar-refractivity contribution in [2.75, 3.05) is 16.4 Å². The number of hydrogen-bond donors (Lipinski definition) is 1. The van der Waals surface area contributed by atoms with E-state index in [0.717, 1.165) is 4.47 Å². The van der Waals surface area contributed by atoms with Crippen molar-refractivity contribution < 1.29 is 8.42 Å². The second kappa shape index (κ2) is 6.83. The van der Waals surface area contributed by atoms with Gasteiger partial charge < -0.3 is 0 Å². The fourth-order valence-electron chi connectivity index (χ4n) is 1.18. The molecule has 7 heteroatoms. The van der Waals surface area contributed by atoms with Crippen LogP contribution in [0.25, 0.3) is 0 Å². The Labute approximate surface area is 120 Å². The fourth-order valence-corrected chi connectivity index (χ4v) is 2.97. The van der Waals surface area contributed by atoms with Crippen LogP contribution in [0.2, 0.25) is 5.02 Å². The highest BCUT2D eigenvalue weighted by Crippen LogP contribution is 2.26. The van der Waals surface area contributed by atoms with Gasteiger partial charge in [0.2, 0.25) is 10.0 Å². The number of alkyl halides is 1. The standard InChI is InChI=1S/C10H12BrCl2NO2S/c11-9-4-3-8(7-10(9)13)14-17(15,16)6-2-1-5-12/h3-4,7,14H,1-2,5-6H2. The number of halogens is 3. The first kappa shape index (κ1) is 15.1. The number of sulfonamides is 1. The summed E-state index contributed by atoms with van der Waals surface area (Å²) in [6.07, 6.45) is 1.23. The molecule has 0 amide bonds. The van der Waals surface area contributed by atoms with Crippen molar-refractivity contribution in [2.45, 2.75) is 12.8 Å². The molecule has 0 saturated carbocycles. The summed E-state index contributed by atoms with van der Waals surface area (Å²) in [6.45, 7) is 0. The molecule has 1 N–H and O–H groups in total. The molecule has 0 aliphatic heterocycles. The van der Waals surface area contributed by atoms with E-state index >= 15 is 0 Å². The molecule has 0 atom stereocenters. The number of unbranched alkanes of at least 4 members (excludes halogenated alkanes) is 1. The molecule has 0 aliphatic rings. The fraction of sp³-hybridized carbons (Fsp3) is 0.400. The molecule has 1 aromatic rings. The van der Waals surface area contributed by atoms with Gasteiger partial charge in [-0.05, 0) is 47.0 Å². The maximum atomic E-state index is 11.7. The Morgan fingerprint density at radius 2 is 2.00 bits per heavy atom. The molecule has 0 spiro atoms. The van der Waals surface area contributed by atoms with Crippen LogP contribution >= 0.6 is 39.1 Å². The minimum absolute atomic E-state index is 0.0629. The van der Waals surface area contributed by atoms with Crippen molar-refractivity contribution in [3.8, 4) is 0 Å². The van der Waals surface area contributed by atoms with Gasteiger partial charge in [-0.3, -0.25) is 4.72 Å². The van der Waals surface area contributed by atoms with E-state index in [-0.39, 0.29) is 5.75 Å². The van der Waals surface area contributed by atoms with E-state index in [0.29, 0.717) is 29.4 Å². The molecule has 1 aromatic carbocycles. The molecule has 0 aromatic heterocycles. The summed E-state index contributed by atoms with van der Waals surface area (Å²) in [5.41, 5.74) is 0.462. The molecule has 0 aliphatic carbocycles. The molecule has 1 rings (SSSR count). The lowest BCUT2D eigenvalue weighted by Gasteiger charge is -2.08. The first-order valence-electron chi connectivity index (χ1n) is 4.96. The number of hydrogen-bond acceptors (Lipinski definition) is 2. The molecule has 17 heavy (non-hydrogen) atoms. The lowest BCUT2D eigenvalue weighted by Crippen LogP contribution is -2.16. The van der Waals surface area contributed by atoms with Crippen molar-refractivity contribution >= 4 is 54.8 Å². The second-order valence-corrected chi connectivity index (χ2v) is 6.93. The van der Waals surface area contributed by atoms with E-state index in [2.05, 4.69) is 20.7 Å². The summed E-state index contributed by atoms with van der Waals surface area (Å²) in [6, 6.07) is 4.90. The van der Waals surface area contributed by atoms with E-state index in [1.807, 2.05) is 0 Å². The predicted octanol–water partition coefficient (Wildman–Crippen LogP) is 3.86. The maximum absolute atomic E-state index is 11.7. The molecule has 0 saturated heterocycles. The summed E-state index contributed by atoms with van der Waals surface area (Å²) in [5.74, 6) is 0.535. The SMILES string of the molecule is O=S(=O)(CCCCCl)Nc1ccc(Br)c(Cl)c1. The Morgan fingerprint density at radius 3 is 2.59 bits per heavy atom. The molecule has 96 valence electrons. The number of nitrogens with one attached hydrogen (secondary N) is 1. The van der Waals surface area contributed by atoms with Crippen LogP contribution in [-0.4, -0.2) is 20.1 Å². The summed E-state index contributed by atoms with van der Waals surface area (Å²) in [4.78, 5) is 0. The van der Waals surface area contributed by atoms with Crippen LogP contribution in [0.3, 0.4) is 0 Å². The summed E-state index contributed by atoms with van der Waals surface area (Å²) in [5, 5.41) is 0.464. The first-order valence-corrected chi connectivity index (χ1v) is 8.32. The third-order valence-electron chi connectivity index (χ3n) is 1.99. The van der Waals surface area contributed by atoms with Crippen molar-refractivity contribution in [3.63, 3.8) is 0 Å². The highest BCUT2D eigenvalue weighted by Gasteiger charge is 2.10. The third-order valence-corrected chi connectivity index (χ3v) is 4.86. The maximum Gasteiger partial charge on any atom is 0.232 e. The second-order valence-electron chi connectivity index (χ2n) is 3.45. The molecular weight excluding hydrogens is 349 g/mol. The lowest BCUT2D eigenvalue weighted by molar-refractivity contribution is 0.598. The van der Waals surface area contributed by atoms with Crippen LogP contribution in [0.1, 0.15) is 12.8 Å². The van der Waals surface area contributed by atoms with Gasteiger partial charge in [0.1, 0.15) is 0 Å². The monoisotopic (exact) mass is 359 g/mol. The number of anilines is 1.